The van der Waals surface area contributed by atoms with Gasteiger partial charge in [0.1, 0.15) is 5.75 Å². The average Bonchev–Trinajstić information content (AvgIpc) is 2.94. The molecular formula is C16H22BrNO2. The van der Waals surface area contributed by atoms with Crippen LogP contribution in [0, 0.1) is 5.41 Å². The molecule has 1 aromatic carbocycles. The van der Waals surface area contributed by atoms with Gasteiger partial charge in [0, 0.05) is 41.1 Å². The van der Waals surface area contributed by atoms with Crippen molar-refractivity contribution < 1.29 is 9.84 Å². The van der Waals surface area contributed by atoms with Gasteiger partial charge in [-0.3, -0.25) is 0 Å². The van der Waals surface area contributed by atoms with Gasteiger partial charge < -0.3 is 15.2 Å². The number of aliphatic hydroxyl groups is 1. The van der Waals surface area contributed by atoms with E-state index in [1.54, 1.807) is 0 Å². The van der Waals surface area contributed by atoms with Gasteiger partial charge in [-0.15, -0.1) is 0 Å². The van der Waals surface area contributed by atoms with E-state index >= 15 is 0 Å². The molecule has 0 radical (unpaired) electrons. The number of aliphatic hydroxyl groups excluding tert-OH is 1. The lowest BCUT2D eigenvalue weighted by atomic mass is 9.86. The molecule has 1 aromatic rings. The van der Waals surface area contributed by atoms with Crippen molar-refractivity contribution in [3.05, 3.63) is 28.2 Å². The van der Waals surface area contributed by atoms with Crippen molar-refractivity contribution in [2.75, 3.05) is 19.8 Å². The lowest BCUT2D eigenvalue weighted by Crippen LogP contribution is -2.38. The average molecular weight is 340 g/mol. The first-order valence-corrected chi connectivity index (χ1v) is 8.28. The van der Waals surface area contributed by atoms with Crippen LogP contribution in [0.4, 0.5) is 0 Å². The van der Waals surface area contributed by atoms with Crippen LogP contribution in [0.15, 0.2) is 22.7 Å². The summed E-state index contributed by atoms with van der Waals surface area (Å²) >= 11 is 3.54. The van der Waals surface area contributed by atoms with Crippen LogP contribution < -0.4 is 10.1 Å². The predicted octanol–water partition coefficient (Wildman–Crippen LogP) is 3.42. The van der Waals surface area contributed by atoms with E-state index in [2.05, 4.69) is 27.3 Å². The molecule has 3 nitrogen and oxygen atoms in total. The van der Waals surface area contributed by atoms with Crippen molar-refractivity contribution in [2.24, 2.45) is 5.41 Å². The van der Waals surface area contributed by atoms with Gasteiger partial charge in [-0.1, -0.05) is 28.8 Å². The fourth-order valence-electron chi connectivity index (χ4n) is 3.43. The first-order valence-electron chi connectivity index (χ1n) is 7.49. The Morgan fingerprint density at radius 3 is 2.90 bits per heavy atom. The number of hydrogen-bond acceptors (Lipinski definition) is 3. The van der Waals surface area contributed by atoms with Crippen LogP contribution >= 0.6 is 15.9 Å². The highest BCUT2D eigenvalue weighted by atomic mass is 79.9. The summed E-state index contributed by atoms with van der Waals surface area (Å²) in [6, 6.07) is 6.53. The Balaban J connectivity index is 1.71. The molecule has 0 bridgehead atoms. The second kappa shape index (κ2) is 6.04. The van der Waals surface area contributed by atoms with Gasteiger partial charge in [-0.25, -0.2) is 0 Å². The molecular weight excluding hydrogens is 318 g/mol. The standard InChI is InChI=1S/C16H22BrNO2/c17-12-3-4-15-13(9-12)14(5-8-20-15)18-10-16(11-19)6-1-2-7-16/h3-4,9,14,18-19H,1-2,5-8,10-11H2. The summed E-state index contributed by atoms with van der Waals surface area (Å²) < 4.78 is 6.81. The van der Waals surface area contributed by atoms with E-state index < -0.39 is 0 Å². The zero-order chi connectivity index (χ0) is 14.0. The Labute approximate surface area is 128 Å². The number of halogens is 1. The monoisotopic (exact) mass is 339 g/mol. The normalized spacial score (nSPS) is 24.2. The molecule has 0 spiro atoms. The maximum absolute atomic E-state index is 9.71. The van der Waals surface area contributed by atoms with E-state index in [4.69, 9.17) is 4.74 Å². The molecule has 1 heterocycles. The van der Waals surface area contributed by atoms with E-state index in [-0.39, 0.29) is 5.41 Å². The van der Waals surface area contributed by atoms with Gasteiger partial charge in [0.15, 0.2) is 0 Å². The maximum Gasteiger partial charge on any atom is 0.124 e. The highest BCUT2D eigenvalue weighted by molar-refractivity contribution is 9.10. The molecule has 2 aliphatic rings. The predicted molar refractivity (Wildman–Crippen MR) is 83.0 cm³/mol. The zero-order valence-corrected chi connectivity index (χ0v) is 13.3. The van der Waals surface area contributed by atoms with Crippen molar-refractivity contribution in [2.45, 2.75) is 38.1 Å². The highest BCUT2D eigenvalue weighted by Crippen LogP contribution is 2.39. The zero-order valence-electron chi connectivity index (χ0n) is 11.7. The third kappa shape index (κ3) is 2.87. The van der Waals surface area contributed by atoms with E-state index in [1.807, 2.05) is 12.1 Å². The molecule has 1 aliphatic heterocycles. The van der Waals surface area contributed by atoms with E-state index in [0.29, 0.717) is 12.6 Å². The van der Waals surface area contributed by atoms with E-state index in [0.717, 1.165) is 42.6 Å². The van der Waals surface area contributed by atoms with Crippen molar-refractivity contribution in [1.82, 2.24) is 5.32 Å². The fraction of sp³-hybridized carbons (Fsp3) is 0.625. The van der Waals surface area contributed by atoms with Crippen molar-refractivity contribution in [3.63, 3.8) is 0 Å². The number of rotatable bonds is 4. The van der Waals surface area contributed by atoms with E-state index in [9.17, 15) is 5.11 Å². The molecule has 0 saturated heterocycles. The molecule has 3 rings (SSSR count). The Morgan fingerprint density at radius 1 is 1.35 bits per heavy atom. The Hall–Kier alpha value is -0.580. The fourth-order valence-corrected chi connectivity index (χ4v) is 3.81. The Kier molecular flexibility index (Phi) is 4.34. The third-order valence-corrected chi connectivity index (χ3v) is 5.23. The van der Waals surface area contributed by atoms with Gasteiger partial charge in [0.05, 0.1) is 6.61 Å². The topological polar surface area (TPSA) is 41.5 Å². The van der Waals surface area contributed by atoms with Crippen LogP contribution in [-0.2, 0) is 0 Å². The van der Waals surface area contributed by atoms with E-state index in [1.165, 1.54) is 18.4 Å². The van der Waals surface area contributed by atoms with Gasteiger partial charge in [-0.05, 0) is 31.0 Å². The van der Waals surface area contributed by atoms with Crippen LogP contribution in [0.25, 0.3) is 0 Å². The maximum atomic E-state index is 9.71. The summed E-state index contributed by atoms with van der Waals surface area (Å²) in [6.45, 7) is 1.97. The van der Waals surface area contributed by atoms with Crippen LogP contribution in [0.3, 0.4) is 0 Å². The van der Waals surface area contributed by atoms with Crippen LogP contribution in [0.1, 0.15) is 43.7 Å². The second-order valence-electron chi connectivity index (χ2n) is 6.12. The molecule has 0 aromatic heterocycles. The summed E-state index contributed by atoms with van der Waals surface area (Å²) in [7, 11) is 0. The third-order valence-electron chi connectivity index (χ3n) is 4.73. The molecule has 1 unspecified atom stereocenters. The minimum atomic E-state index is 0.102. The molecule has 110 valence electrons. The molecule has 1 saturated carbocycles. The summed E-state index contributed by atoms with van der Waals surface area (Å²) in [5.41, 5.74) is 1.33. The number of fused-ring (bicyclic) bond motifs is 1. The van der Waals surface area contributed by atoms with Crippen LogP contribution in [-0.4, -0.2) is 24.9 Å². The van der Waals surface area contributed by atoms with Crippen molar-refractivity contribution >= 4 is 15.9 Å². The summed E-state index contributed by atoms with van der Waals surface area (Å²) in [6.07, 6.45) is 5.78. The van der Waals surface area contributed by atoms with Crippen LogP contribution in [0.2, 0.25) is 0 Å². The lowest BCUT2D eigenvalue weighted by molar-refractivity contribution is 0.121. The van der Waals surface area contributed by atoms with Crippen molar-refractivity contribution in [3.8, 4) is 5.75 Å². The lowest BCUT2D eigenvalue weighted by Gasteiger charge is -2.32. The first-order chi connectivity index (χ1) is 9.72. The molecule has 1 atom stereocenters. The number of ether oxygens (including phenoxy) is 1. The van der Waals surface area contributed by atoms with Gasteiger partial charge >= 0.3 is 0 Å². The molecule has 0 amide bonds. The van der Waals surface area contributed by atoms with Gasteiger partial charge in [0.25, 0.3) is 0 Å². The minimum Gasteiger partial charge on any atom is -0.493 e. The Bertz CT molecular complexity index is 472. The SMILES string of the molecule is OCC1(CNC2CCOc3ccc(Br)cc32)CCCC1. The smallest absolute Gasteiger partial charge is 0.124 e. The largest absolute Gasteiger partial charge is 0.493 e. The number of benzene rings is 1. The van der Waals surface area contributed by atoms with Gasteiger partial charge in [-0.2, -0.15) is 0 Å². The van der Waals surface area contributed by atoms with Crippen LogP contribution in [0.5, 0.6) is 5.75 Å². The molecule has 2 N–H and O–H groups in total. The summed E-state index contributed by atoms with van der Waals surface area (Å²) in [4.78, 5) is 0. The highest BCUT2D eigenvalue weighted by Gasteiger charge is 2.34. The summed E-state index contributed by atoms with van der Waals surface area (Å²) in [5, 5.41) is 13.4. The molecule has 20 heavy (non-hydrogen) atoms. The number of nitrogens with one attached hydrogen (secondary N) is 1. The first kappa shape index (κ1) is 14.4. The quantitative estimate of drug-likeness (QED) is 0.883. The minimum absolute atomic E-state index is 0.102. The number of hydrogen-bond donors (Lipinski definition) is 2. The molecule has 4 heteroatoms. The van der Waals surface area contributed by atoms with Gasteiger partial charge in [0.2, 0.25) is 0 Å². The molecule has 1 aliphatic carbocycles. The van der Waals surface area contributed by atoms with Crippen molar-refractivity contribution in [1.29, 1.82) is 0 Å². The second-order valence-corrected chi connectivity index (χ2v) is 7.03. The summed E-state index contributed by atoms with van der Waals surface area (Å²) in [5.74, 6) is 0.987. The molecule has 1 fully saturated rings. The Morgan fingerprint density at radius 2 is 2.15 bits per heavy atom.